The monoisotopic (exact) mass is 615 g/mol. The first kappa shape index (κ1) is 33.1. The molecule has 44 heavy (non-hydrogen) atoms. The van der Waals surface area contributed by atoms with Crippen molar-refractivity contribution < 1.29 is 19.1 Å². The Morgan fingerprint density at radius 3 is 2.64 bits per heavy atom. The fourth-order valence-corrected chi connectivity index (χ4v) is 6.08. The second-order valence-corrected chi connectivity index (χ2v) is 18.4. The van der Waals surface area contributed by atoms with Gasteiger partial charge in [-0.3, -0.25) is 24.0 Å². The van der Waals surface area contributed by atoms with Crippen LogP contribution in [0.1, 0.15) is 84.7 Å². The first-order chi connectivity index (χ1) is 21.0. The van der Waals surface area contributed by atoms with Crippen LogP contribution in [0, 0.1) is 18.8 Å². The fraction of sp³-hybridized carbons (Fsp3) is 0.500. The number of rotatable bonds is 14. The summed E-state index contributed by atoms with van der Waals surface area (Å²) in [6.45, 7) is 10.2. The Hall–Kier alpha value is -3.81. The van der Waals surface area contributed by atoms with Crippen molar-refractivity contribution in [2.24, 2.45) is 5.73 Å². The highest BCUT2D eigenvalue weighted by atomic mass is 28.3. The maximum Gasteiger partial charge on any atom is 0.248 e. The van der Waals surface area contributed by atoms with Gasteiger partial charge in [-0.25, -0.2) is 4.98 Å². The predicted molar refractivity (Wildman–Crippen MR) is 175 cm³/mol. The number of amides is 3. The van der Waals surface area contributed by atoms with Crippen LogP contribution >= 0.6 is 0 Å². The van der Waals surface area contributed by atoms with E-state index in [1.54, 1.807) is 6.07 Å². The van der Waals surface area contributed by atoms with Crippen molar-refractivity contribution in [3.05, 3.63) is 59.0 Å². The molecule has 0 radical (unpaired) electrons. The van der Waals surface area contributed by atoms with Gasteiger partial charge in [0.1, 0.15) is 12.4 Å². The first-order valence-corrected chi connectivity index (χ1v) is 19.4. The number of aryl methyl sites for hydroxylation is 2. The number of pyridine rings is 1. The summed E-state index contributed by atoms with van der Waals surface area (Å²) in [6, 6.07) is 12.1. The molecule has 3 heterocycles. The molecule has 1 saturated heterocycles. The van der Waals surface area contributed by atoms with Crippen LogP contribution in [0.2, 0.25) is 25.7 Å². The number of hydrogen-bond donors (Lipinski definition) is 1. The number of piperidine rings is 1. The molecular formula is C34H45N5O4Si. The number of imide groups is 1. The largest absolute Gasteiger partial charge is 0.366 e. The summed E-state index contributed by atoms with van der Waals surface area (Å²) in [7, 11) is -1.25. The van der Waals surface area contributed by atoms with Gasteiger partial charge in [0.25, 0.3) is 0 Å². The van der Waals surface area contributed by atoms with E-state index >= 15 is 0 Å². The van der Waals surface area contributed by atoms with Crippen LogP contribution in [-0.4, -0.2) is 58.8 Å². The molecule has 10 heteroatoms. The van der Waals surface area contributed by atoms with Gasteiger partial charge in [-0.15, -0.1) is 0 Å². The minimum absolute atomic E-state index is 0.00968. The number of likely N-dealkylation sites (tertiary alicyclic amines) is 1. The van der Waals surface area contributed by atoms with Gasteiger partial charge >= 0.3 is 0 Å². The molecule has 2 aromatic heterocycles. The van der Waals surface area contributed by atoms with E-state index in [9.17, 15) is 14.4 Å². The highest BCUT2D eigenvalue weighted by Crippen LogP contribution is 2.28. The summed E-state index contributed by atoms with van der Waals surface area (Å²) >= 11 is 0. The number of aromatic nitrogens is 3. The zero-order chi connectivity index (χ0) is 31.7. The molecule has 3 aromatic rings. The highest BCUT2D eigenvalue weighted by Gasteiger charge is 2.36. The molecule has 234 valence electrons. The lowest BCUT2D eigenvalue weighted by Crippen LogP contribution is -2.45. The summed E-state index contributed by atoms with van der Waals surface area (Å²) in [5, 5.41) is 5.70. The lowest BCUT2D eigenvalue weighted by Gasteiger charge is -2.30. The Kier molecular flexibility index (Phi) is 11.5. The van der Waals surface area contributed by atoms with Gasteiger partial charge in [0.15, 0.2) is 0 Å². The molecular weight excluding hydrogens is 570 g/mol. The Morgan fingerprint density at radius 1 is 1.09 bits per heavy atom. The lowest BCUT2D eigenvalue weighted by atomic mass is 9.93. The maximum atomic E-state index is 13.2. The smallest absolute Gasteiger partial charge is 0.248 e. The number of benzene rings is 1. The van der Waals surface area contributed by atoms with E-state index in [1.165, 1.54) is 4.90 Å². The normalized spacial score (nSPS) is 15.5. The molecule has 1 fully saturated rings. The van der Waals surface area contributed by atoms with Crippen LogP contribution in [-0.2, 0) is 20.9 Å². The zero-order valence-corrected chi connectivity index (χ0v) is 27.5. The number of hydrogen-bond acceptors (Lipinski definition) is 6. The molecule has 1 atom stereocenters. The van der Waals surface area contributed by atoms with Crippen LogP contribution in [0.25, 0.3) is 10.9 Å². The Morgan fingerprint density at radius 2 is 1.86 bits per heavy atom. The van der Waals surface area contributed by atoms with E-state index in [1.807, 2.05) is 41.9 Å². The van der Waals surface area contributed by atoms with Crippen LogP contribution < -0.4 is 5.73 Å². The van der Waals surface area contributed by atoms with Crippen LogP contribution in [0.5, 0.6) is 0 Å². The van der Waals surface area contributed by atoms with Crippen molar-refractivity contribution in [1.29, 1.82) is 0 Å². The third-order valence-electron chi connectivity index (χ3n) is 7.97. The van der Waals surface area contributed by atoms with Gasteiger partial charge in [0.05, 0.1) is 22.8 Å². The number of ether oxygens (including phenoxy) is 1. The predicted octanol–water partition coefficient (Wildman–Crippen LogP) is 5.78. The number of nitrogens with zero attached hydrogens (tertiary/aromatic N) is 4. The molecule has 3 amide bonds. The molecule has 1 aliphatic heterocycles. The van der Waals surface area contributed by atoms with Gasteiger partial charge in [-0.1, -0.05) is 57.0 Å². The second kappa shape index (κ2) is 15.3. The molecule has 1 aromatic carbocycles. The van der Waals surface area contributed by atoms with Crippen molar-refractivity contribution in [3.8, 4) is 11.8 Å². The van der Waals surface area contributed by atoms with Gasteiger partial charge in [0, 0.05) is 45.0 Å². The van der Waals surface area contributed by atoms with Gasteiger partial charge in [-0.2, -0.15) is 5.10 Å². The molecule has 0 bridgehead atoms. The summed E-state index contributed by atoms with van der Waals surface area (Å²) in [5.74, 6) is 5.08. The van der Waals surface area contributed by atoms with E-state index in [0.717, 1.165) is 67.7 Å². The fourth-order valence-electron chi connectivity index (χ4n) is 5.32. The number of nitrogens with two attached hydrogens (primary N) is 1. The second-order valence-electron chi connectivity index (χ2n) is 12.8. The standard InChI is InChI=1S/C34H45N5O4Si/c1-25-28-17-16-26(33(35)41)23-31(28)39(37-25)20-11-9-7-5-6-8-10-13-27-14-12-15-30(36-27)29-18-19-32(40)38(34(29)42)24-43-21-22-44(2,3)4/h12,14-17,23,29H,5-9,11,18-22,24H2,1-4H3,(H2,35,41). The van der Waals surface area contributed by atoms with Crippen molar-refractivity contribution in [1.82, 2.24) is 19.7 Å². The molecule has 2 N–H and O–H groups in total. The first-order valence-electron chi connectivity index (χ1n) is 15.7. The van der Waals surface area contributed by atoms with Crippen LogP contribution in [0.15, 0.2) is 36.4 Å². The van der Waals surface area contributed by atoms with E-state index in [2.05, 4.69) is 41.6 Å². The van der Waals surface area contributed by atoms with Gasteiger partial charge < -0.3 is 10.5 Å². The van der Waals surface area contributed by atoms with Gasteiger partial charge in [-0.05, 0) is 62.4 Å². The SMILES string of the molecule is Cc1nn(CCCCCCCC#Cc2cccc(C3CCC(=O)N(COCC[Si](C)(C)C)C3=O)n2)c2cc(C(N)=O)ccc12. The third-order valence-corrected chi connectivity index (χ3v) is 9.67. The molecule has 0 saturated carbocycles. The number of primary amides is 1. The minimum atomic E-state index is -1.25. The average molecular weight is 616 g/mol. The van der Waals surface area contributed by atoms with E-state index in [-0.39, 0.29) is 18.5 Å². The minimum Gasteiger partial charge on any atom is -0.366 e. The number of fused-ring (bicyclic) bond motifs is 1. The molecule has 9 nitrogen and oxygen atoms in total. The Labute approximate surface area is 261 Å². The maximum absolute atomic E-state index is 13.2. The van der Waals surface area contributed by atoms with Crippen molar-refractivity contribution in [2.45, 2.75) is 96.4 Å². The summed E-state index contributed by atoms with van der Waals surface area (Å²) in [6.07, 6.45) is 6.85. The van der Waals surface area contributed by atoms with Crippen molar-refractivity contribution in [3.63, 3.8) is 0 Å². The number of carbonyl (C=O) groups is 3. The van der Waals surface area contributed by atoms with Gasteiger partial charge in [0.2, 0.25) is 17.7 Å². The van der Waals surface area contributed by atoms with Crippen molar-refractivity contribution >= 4 is 36.7 Å². The van der Waals surface area contributed by atoms with Crippen molar-refractivity contribution in [2.75, 3.05) is 13.3 Å². The number of carbonyl (C=O) groups excluding carboxylic acids is 3. The molecule has 1 unspecified atom stereocenters. The quantitative estimate of drug-likeness (QED) is 0.106. The molecule has 0 aliphatic carbocycles. The lowest BCUT2D eigenvalue weighted by molar-refractivity contribution is -0.155. The van der Waals surface area contributed by atoms with E-state index < -0.39 is 19.9 Å². The highest BCUT2D eigenvalue weighted by molar-refractivity contribution is 6.76. The van der Waals surface area contributed by atoms with Crippen LogP contribution in [0.4, 0.5) is 0 Å². The molecule has 1 aliphatic rings. The van der Waals surface area contributed by atoms with Crippen LogP contribution in [0.3, 0.4) is 0 Å². The summed E-state index contributed by atoms with van der Waals surface area (Å²) < 4.78 is 7.69. The average Bonchev–Trinajstić information content (AvgIpc) is 3.29. The summed E-state index contributed by atoms with van der Waals surface area (Å²) in [4.78, 5) is 43.1. The molecule has 4 rings (SSSR count). The Bertz CT molecular complexity index is 1550. The molecule has 0 spiro atoms. The van der Waals surface area contributed by atoms with E-state index in [0.29, 0.717) is 36.4 Å². The third kappa shape index (κ3) is 9.10. The topological polar surface area (TPSA) is 120 Å². The Balaban J connectivity index is 1.19. The van der Waals surface area contributed by atoms with E-state index in [4.69, 9.17) is 10.5 Å². The zero-order valence-electron chi connectivity index (χ0n) is 26.5. The summed E-state index contributed by atoms with van der Waals surface area (Å²) in [5.41, 5.74) is 9.16. The number of unbranched alkanes of at least 4 members (excludes halogenated alkanes) is 5.